The van der Waals surface area contributed by atoms with Gasteiger partial charge in [0.05, 0.1) is 5.69 Å². The molecule has 1 nitrogen and oxygen atoms in total. The van der Waals surface area contributed by atoms with E-state index in [1.807, 2.05) is 6.07 Å². The molecule has 33 heavy (non-hydrogen) atoms. The third-order valence-corrected chi connectivity index (χ3v) is 5.68. The van der Waals surface area contributed by atoms with Gasteiger partial charge in [0, 0.05) is 11.4 Å². The van der Waals surface area contributed by atoms with Crippen LogP contribution in [0.1, 0.15) is 11.1 Å². The summed E-state index contributed by atoms with van der Waals surface area (Å²) in [5.74, 6) is 0. The monoisotopic (exact) mass is 423 g/mol. The molecule has 0 spiro atoms. The quantitative estimate of drug-likeness (QED) is 0.246. The van der Waals surface area contributed by atoms with Gasteiger partial charge in [-0.15, -0.1) is 0 Å². The summed E-state index contributed by atoms with van der Waals surface area (Å²) in [4.78, 5) is 2.32. The summed E-state index contributed by atoms with van der Waals surface area (Å²) >= 11 is 0. The van der Waals surface area contributed by atoms with Gasteiger partial charge >= 0.3 is 0 Å². The number of hydrogen-bond donors (Lipinski definition) is 0. The topological polar surface area (TPSA) is 3.24 Å². The maximum atomic E-state index is 2.32. The Balaban J connectivity index is 1.57. The minimum atomic E-state index is 1.13. The molecule has 0 saturated carbocycles. The summed E-state index contributed by atoms with van der Waals surface area (Å²) in [5.41, 5.74) is 8.18. The number of anilines is 3. The van der Waals surface area contributed by atoms with Gasteiger partial charge in [-0.2, -0.15) is 0 Å². The molecule has 5 rings (SSSR count). The van der Waals surface area contributed by atoms with Crippen molar-refractivity contribution in [3.63, 3.8) is 0 Å². The number of nitrogens with zero attached hydrogens (tertiary/aromatic N) is 1. The molecule has 0 aromatic heterocycles. The van der Waals surface area contributed by atoms with Crippen LogP contribution in [0.25, 0.3) is 23.3 Å². The maximum absolute atomic E-state index is 2.32. The molecule has 1 heteroatoms. The van der Waals surface area contributed by atoms with Gasteiger partial charge in [0.1, 0.15) is 0 Å². The highest BCUT2D eigenvalue weighted by Crippen LogP contribution is 2.37. The summed E-state index contributed by atoms with van der Waals surface area (Å²) in [6, 6.07) is 48.8. The van der Waals surface area contributed by atoms with E-state index in [0.29, 0.717) is 0 Å². The predicted molar refractivity (Wildman–Crippen MR) is 142 cm³/mol. The van der Waals surface area contributed by atoms with E-state index in [-0.39, 0.29) is 0 Å². The standard InChI is InChI=1S/C32H25N/c1-4-12-26(13-5-1)20-21-29-16-10-11-19-32(29)33(30-17-8-3-9-18-30)31-24-22-28(23-25-31)27-14-6-2-7-15-27/h1-25H. The van der Waals surface area contributed by atoms with Crippen molar-refractivity contribution < 1.29 is 0 Å². The van der Waals surface area contributed by atoms with Gasteiger partial charge in [-0.3, -0.25) is 0 Å². The van der Waals surface area contributed by atoms with Crippen LogP contribution in [0.5, 0.6) is 0 Å². The van der Waals surface area contributed by atoms with Gasteiger partial charge in [0.2, 0.25) is 0 Å². The Morgan fingerprint density at radius 3 is 1.61 bits per heavy atom. The van der Waals surface area contributed by atoms with Crippen LogP contribution in [0.2, 0.25) is 0 Å². The third-order valence-electron chi connectivity index (χ3n) is 5.68. The van der Waals surface area contributed by atoms with Crippen LogP contribution in [0.4, 0.5) is 17.1 Å². The highest BCUT2D eigenvalue weighted by Gasteiger charge is 2.14. The zero-order chi connectivity index (χ0) is 22.3. The average Bonchev–Trinajstić information content (AvgIpc) is 2.90. The first-order chi connectivity index (χ1) is 16.4. The second kappa shape index (κ2) is 9.84. The van der Waals surface area contributed by atoms with Crippen molar-refractivity contribution in [3.05, 3.63) is 151 Å². The van der Waals surface area contributed by atoms with E-state index in [4.69, 9.17) is 0 Å². The van der Waals surface area contributed by atoms with Gasteiger partial charge in [-0.05, 0) is 52.6 Å². The van der Waals surface area contributed by atoms with Crippen LogP contribution in [0, 0.1) is 0 Å². The molecule has 158 valence electrons. The molecule has 0 heterocycles. The number of benzene rings is 5. The molecule has 0 bridgehead atoms. The molecule has 0 saturated heterocycles. The molecule has 0 aliphatic heterocycles. The van der Waals surface area contributed by atoms with Crippen LogP contribution in [0.15, 0.2) is 140 Å². The molecule has 0 atom stereocenters. The molecule has 0 N–H and O–H groups in total. The molecule has 0 aliphatic carbocycles. The van der Waals surface area contributed by atoms with Gasteiger partial charge in [0.15, 0.2) is 0 Å². The van der Waals surface area contributed by atoms with Crippen molar-refractivity contribution in [3.8, 4) is 11.1 Å². The Bertz CT molecular complexity index is 1320. The zero-order valence-corrected chi connectivity index (χ0v) is 18.4. The summed E-state index contributed by atoms with van der Waals surface area (Å²) in [6.07, 6.45) is 4.36. The van der Waals surface area contributed by atoms with Gasteiger partial charge in [-0.25, -0.2) is 0 Å². The van der Waals surface area contributed by atoms with Crippen LogP contribution in [-0.2, 0) is 0 Å². The van der Waals surface area contributed by atoms with Crippen LogP contribution >= 0.6 is 0 Å². The van der Waals surface area contributed by atoms with Crippen molar-refractivity contribution in [2.24, 2.45) is 0 Å². The van der Waals surface area contributed by atoms with Crippen LogP contribution in [0.3, 0.4) is 0 Å². The second-order valence-electron chi connectivity index (χ2n) is 7.89. The minimum absolute atomic E-state index is 1.13. The summed E-state index contributed by atoms with van der Waals surface area (Å²) in [6.45, 7) is 0. The lowest BCUT2D eigenvalue weighted by Crippen LogP contribution is -2.11. The SMILES string of the molecule is C(=Cc1ccccc1N(c1ccccc1)c1ccc(-c2ccccc2)cc1)c1ccccc1. The maximum Gasteiger partial charge on any atom is 0.0533 e. The highest BCUT2D eigenvalue weighted by atomic mass is 15.1. The molecule has 0 aliphatic rings. The van der Waals surface area contributed by atoms with Crippen LogP contribution < -0.4 is 4.90 Å². The number of para-hydroxylation sites is 2. The van der Waals surface area contributed by atoms with E-state index in [0.717, 1.165) is 22.6 Å². The molecule has 0 fully saturated rings. The molecular formula is C32H25N. The molecular weight excluding hydrogens is 398 g/mol. The summed E-state index contributed by atoms with van der Waals surface area (Å²) in [7, 11) is 0. The summed E-state index contributed by atoms with van der Waals surface area (Å²) in [5, 5.41) is 0. The van der Waals surface area contributed by atoms with Crippen LogP contribution in [-0.4, -0.2) is 0 Å². The lowest BCUT2D eigenvalue weighted by atomic mass is 10.0. The fourth-order valence-electron chi connectivity index (χ4n) is 4.02. The Hall–Kier alpha value is -4.36. The Kier molecular flexibility index (Phi) is 6.13. The zero-order valence-electron chi connectivity index (χ0n) is 18.4. The smallest absolute Gasteiger partial charge is 0.0533 e. The van der Waals surface area contributed by atoms with E-state index < -0.39 is 0 Å². The van der Waals surface area contributed by atoms with E-state index in [2.05, 4.69) is 151 Å². The first-order valence-corrected chi connectivity index (χ1v) is 11.2. The molecule has 5 aromatic carbocycles. The number of hydrogen-bond acceptors (Lipinski definition) is 1. The normalized spacial score (nSPS) is 10.9. The number of rotatable bonds is 6. The molecule has 5 aromatic rings. The predicted octanol–water partition coefficient (Wildman–Crippen LogP) is 8.99. The molecule has 0 radical (unpaired) electrons. The van der Waals surface area contributed by atoms with E-state index in [9.17, 15) is 0 Å². The van der Waals surface area contributed by atoms with Crippen molar-refractivity contribution in [2.75, 3.05) is 4.90 Å². The van der Waals surface area contributed by atoms with Gasteiger partial charge < -0.3 is 4.90 Å². The van der Waals surface area contributed by atoms with Crippen molar-refractivity contribution in [1.29, 1.82) is 0 Å². The van der Waals surface area contributed by atoms with E-state index >= 15 is 0 Å². The Morgan fingerprint density at radius 2 is 0.909 bits per heavy atom. The average molecular weight is 424 g/mol. The van der Waals surface area contributed by atoms with Gasteiger partial charge in [0.25, 0.3) is 0 Å². The van der Waals surface area contributed by atoms with E-state index in [1.54, 1.807) is 0 Å². The first kappa shape index (κ1) is 20.5. The fourth-order valence-corrected chi connectivity index (χ4v) is 4.02. The first-order valence-electron chi connectivity index (χ1n) is 11.2. The van der Waals surface area contributed by atoms with Crippen molar-refractivity contribution >= 4 is 29.2 Å². The van der Waals surface area contributed by atoms with Gasteiger partial charge in [-0.1, -0.05) is 121 Å². The highest BCUT2D eigenvalue weighted by molar-refractivity contribution is 5.85. The lowest BCUT2D eigenvalue weighted by Gasteiger charge is -2.27. The largest absolute Gasteiger partial charge is 0.310 e. The molecule has 0 amide bonds. The third kappa shape index (κ3) is 4.78. The minimum Gasteiger partial charge on any atom is -0.310 e. The Morgan fingerprint density at radius 1 is 0.394 bits per heavy atom. The van der Waals surface area contributed by atoms with E-state index in [1.165, 1.54) is 16.7 Å². The second-order valence-corrected chi connectivity index (χ2v) is 7.89. The van der Waals surface area contributed by atoms with Crippen molar-refractivity contribution in [1.82, 2.24) is 0 Å². The lowest BCUT2D eigenvalue weighted by molar-refractivity contribution is 1.28. The Labute approximate surface area is 195 Å². The molecule has 0 unspecified atom stereocenters. The summed E-state index contributed by atoms with van der Waals surface area (Å²) < 4.78 is 0. The fraction of sp³-hybridized carbons (Fsp3) is 0. The van der Waals surface area contributed by atoms with Crippen molar-refractivity contribution in [2.45, 2.75) is 0 Å².